The second kappa shape index (κ2) is 6.47. The highest BCUT2D eigenvalue weighted by Gasteiger charge is 2.33. The summed E-state index contributed by atoms with van der Waals surface area (Å²) in [5, 5.41) is 0. The van der Waals surface area contributed by atoms with Gasteiger partial charge in [-0.05, 0) is 35.4 Å². The number of rotatable bonds is 3. The molecule has 6 heteroatoms. The maximum Gasteiger partial charge on any atom is 0.227 e. The van der Waals surface area contributed by atoms with E-state index in [4.69, 9.17) is 0 Å². The van der Waals surface area contributed by atoms with Gasteiger partial charge < -0.3 is 9.88 Å². The third-order valence-corrected chi connectivity index (χ3v) is 4.54. The molecule has 1 amide bonds. The number of halogens is 1. The fourth-order valence-corrected chi connectivity index (χ4v) is 3.31. The van der Waals surface area contributed by atoms with Crippen LogP contribution in [0.2, 0.25) is 0 Å². The average molecular weight is 336 g/mol. The molecule has 1 atom stereocenters. The largest absolute Gasteiger partial charge is 0.348 e. The predicted octanol–water partition coefficient (Wildman–Crippen LogP) is 2.66. The molecule has 0 saturated heterocycles. The number of H-pyrrole nitrogens is 1. The van der Waals surface area contributed by atoms with Gasteiger partial charge in [0.1, 0.15) is 11.9 Å². The molecule has 0 spiro atoms. The summed E-state index contributed by atoms with van der Waals surface area (Å²) in [5.74, 6) is -0.299. The Morgan fingerprint density at radius 3 is 2.72 bits per heavy atom. The fraction of sp³-hybridized carbons (Fsp3) is 0.211. The second-order valence-electron chi connectivity index (χ2n) is 6.09. The van der Waals surface area contributed by atoms with Crippen LogP contribution in [0.15, 0.2) is 55.1 Å². The van der Waals surface area contributed by atoms with Crippen LogP contribution in [0.1, 0.15) is 28.6 Å². The van der Waals surface area contributed by atoms with Crippen LogP contribution >= 0.6 is 0 Å². The molecule has 126 valence electrons. The van der Waals surface area contributed by atoms with Gasteiger partial charge in [-0.25, -0.2) is 9.37 Å². The summed E-state index contributed by atoms with van der Waals surface area (Å²) < 4.78 is 13.1. The summed E-state index contributed by atoms with van der Waals surface area (Å²) in [6.07, 6.45) is 6.10. The summed E-state index contributed by atoms with van der Waals surface area (Å²) in [6.45, 7) is 0.613. The number of aromatic nitrogens is 3. The van der Waals surface area contributed by atoms with E-state index in [2.05, 4.69) is 15.0 Å². The number of aromatic amines is 1. The number of hydrogen-bond acceptors (Lipinski definition) is 3. The van der Waals surface area contributed by atoms with E-state index in [0.717, 1.165) is 28.9 Å². The van der Waals surface area contributed by atoms with Crippen LogP contribution < -0.4 is 0 Å². The van der Waals surface area contributed by atoms with Crippen molar-refractivity contribution in [3.8, 4) is 0 Å². The molecular formula is C19H17FN4O. The summed E-state index contributed by atoms with van der Waals surface area (Å²) in [6, 6.07) is 9.65. The molecule has 0 radical (unpaired) electrons. The molecule has 0 aliphatic carbocycles. The van der Waals surface area contributed by atoms with E-state index in [0.29, 0.717) is 6.54 Å². The lowest BCUT2D eigenvalue weighted by Gasteiger charge is -2.35. The van der Waals surface area contributed by atoms with Gasteiger partial charge in [-0.1, -0.05) is 12.1 Å². The van der Waals surface area contributed by atoms with E-state index in [-0.39, 0.29) is 24.2 Å². The molecule has 1 N–H and O–H groups in total. The number of carbonyl (C=O) groups excluding carboxylic acids is 1. The molecule has 1 aliphatic heterocycles. The summed E-state index contributed by atoms with van der Waals surface area (Å²) in [7, 11) is 0. The maximum atomic E-state index is 13.1. The molecule has 3 aromatic rings. The second-order valence-corrected chi connectivity index (χ2v) is 6.09. The molecular weight excluding hydrogens is 319 g/mol. The Kier molecular flexibility index (Phi) is 4.01. The van der Waals surface area contributed by atoms with Crippen molar-refractivity contribution in [3.63, 3.8) is 0 Å². The van der Waals surface area contributed by atoms with Crippen LogP contribution in [0.3, 0.4) is 0 Å². The van der Waals surface area contributed by atoms with Crippen molar-refractivity contribution in [2.24, 2.45) is 0 Å². The summed E-state index contributed by atoms with van der Waals surface area (Å²) >= 11 is 0. The molecule has 5 nitrogen and oxygen atoms in total. The Morgan fingerprint density at radius 1 is 1.20 bits per heavy atom. The third-order valence-electron chi connectivity index (χ3n) is 4.54. The number of imidazole rings is 1. The minimum absolute atomic E-state index is 0.00192. The zero-order valence-corrected chi connectivity index (χ0v) is 13.5. The summed E-state index contributed by atoms with van der Waals surface area (Å²) in [5.41, 5.74) is 3.72. The van der Waals surface area contributed by atoms with Crippen LogP contribution in [0.5, 0.6) is 0 Å². The van der Waals surface area contributed by atoms with Gasteiger partial charge in [0, 0.05) is 31.1 Å². The predicted molar refractivity (Wildman–Crippen MR) is 90.2 cm³/mol. The fourth-order valence-electron chi connectivity index (χ4n) is 3.31. The monoisotopic (exact) mass is 336 g/mol. The molecule has 2 aromatic heterocycles. The Labute approximate surface area is 144 Å². The lowest BCUT2D eigenvalue weighted by Crippen LogP contribution is -2.41. The number of benzene rings is 1. The van der Waals surface area contributed by atoms with E-state index < -0.39 is 0 Å². The number of fused-ring (bicyclic) bond motifs is 1. The van der Waals surface area contributed by atoms with Crippen LogP contribution in [0.25, 0.3) is 0 Å². The van der Waals surface area contributed by atoms with Crippen molar-refractivity contribution in [2.45, 2.75) is 18.9 Å². The van der Waals surface area contributed by atoms with E-state index in [1.54, 1.807) is 30.9 Å². The first-order chi connectivity index (χ1) is 12.2. The van der Waals surface area contributed by atoms with Gasteiger partial charge in [0.25, 0.3) is 0 Å². The summed E-state index contributed by atoms with van der Waals surface area (Å²) in [4.78, 5) is 26.5. The van der Waals surface area contributed by atoms with Gasteiger partial charge in [0.15, 0.2) is 0 Å². The molecule has 3 heterocycles. The number of nitrogens with zero attached hydrogens (tertiary/aromatic N) is 3. The third kappa shape index (κ3) is 3.03. The number of amides is 1. The molecule has 4 rings (SSSR count). The minimum atomic E-state index is -0.301. The smallest absolute Gasteiger partial charge is 0.227 e. The molecule has 1 aromatic carbocycles. The van der Waals surface area contributed by atoms with Gasteiger partial charge in [-0.15, -0.1) is 0 Å². The van der Waals surface area contributed by atoms with Crippen molar-refractivity contribution in [1.29, 1.82) is 0 Å². The van der Waals surface area contributed by atoms with Gasteiger partial charge in [0.05, 0.1) is 18.4 Å². The van der Waals surface area contributed by atoms with E-state index in [9.17, 15) is 9.18 Å². The van der Waals surface area contributed by atoms with Crippen LogP contribution in [0.4, 0.5) is 4.39 Å². The SMILES string of the molecule is O=C(Cc1ccc(F)cc1)N1CCc2[nH]cnc2[C@H]1c1ccncc1. The molecule has 0 bridgehead atoms. The number of nitrogens with one attached hydrogen (secondary N) is 1. The lowest BCUT2D eigenvalue weighted by atomic mass is 9.95. The van der Waals surface area contributed by atoms with Crippen LogP contribution in [-0.2, 0) is 17.6 Å². The van der Waals surface area contributed by atoms with Crippen molar-refractivity contribution in [2.75, 3.05) is 6.54 Å². The van der Waals surface area contributed by atoms with Gasteiger partial charge in [-0.2, -0.15) is 0 Å². The van der Waals surface area contributed by atoms with E-state index in [1.807, 2.05) is 17.0 Å². The van der Waals surface area contributed by atoms with Crippen molar-refractivity contribution >= 4 is 5.91 Å². The first kappa shape index (κ1) is 15.5. The molecule has 0 fully saturated rings. The lowest BCUT2D eigenvalue weighted by molar-refractivity contribution is -0.132. The molecule has 25 heavy (non-hydrogen) atoms. The molecule has 0 saturated carbocycles. The first-order valence-electron chi connectivity index (χ1n) is 8.18. The topological polar surface area (TPSA) is 61.9 Å². The Balaban J connectivity index is 1.65. The highest BCUT2D eigenvalue weighted by atomic mass is 19.1. The Morgan fingerprint density at radius 2 is 1.96 bits per heavy atom. The van der Waals surface area contributed by atoms with E-state index >= 15 is 0 Å². The zero-order valence-electron chi connectivity index (χ0n) is 13.5. The zero-order chi connectivity index (χ0) is 17.2. The van der Waals surface area contributed by atoms with Crippen LogP contribution in [0, 0.1) is 5.82 Å². The first-order valence-corrected chi connectivity index (χ1v) is 8.18. The Hall–Kier alpha value is -3.02. The standard InChI is InChI=1S/C19H17FN4O/c20-15-3-1-13(2-4-15)11-17(25)24-10-7-16-18(23-12-22-16)19(24)14-5-8-21-9-6-14/h1-6,8-9,12,19H,7,10-11H2,(H,22,23)/t19-/m1/s1. The van der Waals surface area contributed by atoms with Gasteiger partial charge >= 0.3 is 0 Å². The minimum Gasteiger partial charge on any atom is -0.348 e. The number of hydrogen-bond donors (Lipinski definition) is 1. The van der Waals surface area contributed by atoms with E-state index in [1.165, 1.54) is 12.1 Å². The highest BCUT2D eigenvalue weighted by molar-refractivity contribution is 5.80. The molecule has 1 aliphatic rings. The maximum absolute atomic E-state index is 13.1. The van der Waals surface area contributed by atoms with Gasteiger partial charge in [-0.3, -0.25) is 9.78 Å². The van der Waals surface area contributed by atoms with Crippen molar-refractivity contribution in [3.05, 3.63) is 83.5 Å². The normalized spacial score (nSPS) is 16.5. The molecule has 0 unspecified atom stereocenters. The Bertz CT molecular complexity index is 876. The quantitative estimate of drug-likeness (QED) is 0.800. The highest BCUT2D eigenvalue weighted by Crippen LogP contribution is 2.33. The van der Waals surface area contributed by atoms with Crippen molar-refractivity contribution in [1.82, 2.24) is 19.9 Å². The van der Waals surface area contributed by atoms with Gasteiger partial charge in [0.2, 0.25) is 5.91 Å². The van der Waals surface area contributed by atoms with Crippen LogP contribution in [-0.4, -0.2) is 32.3 Å². The number of pyridine rings is 1. The number of carbonyl (C=O) groups is 1. The average Bonchev–Trinajstić information content (AvgIpc) is 3.12. The van der Waals surface area contributed by atoms with Crippen molar-refractivity contribution < 1.29 is 9.18 Å².